The highest BCUT2D eigenvalue weighted by atomic mass is 16.5. The predicted molar refractivity (Wildman–Crippen MR) is 39.4 cm³/mol. The largest absolute Gasteiger partial charge is 0.468 e. The van der Waals surface area contributed by atoms with Crippen molar-refractivity contribution in [1.29, 1.82) is 0 Å². The summed E-state index contributed by atoms with van der Waals surface area (Å²) in [5.41, 5.74) is 0. The molecule has 0 bridgehead atoms. The zero-order chi connectivity index (χ0) is 9.14. The summed E-state index contributed by atoms with van der Waals surface area (Å²) in [5.74, 6) is -1.61. The zero-order valence-electron chi connectivity index (χ0n) is 6.83. The first kappa shape index (κ1) is 8.90. The van der Waals surface area contributed by atoms with Gasteiger partial charge in [0.2, 0.25) is 0 Å². The van der Waals surface area contributed by atoms with Gasteiger partial charge < -0.3 is 4.74 Å². The van der Waals surface area contributed by atoms with Gasteiger partial charge in [0.05, 0.1) is 13.5 Å². The second-order valence-corrected chi connectivity index (χ2v) is 2.80. The Hall–Kier alpha value is -1.19. The molecule has 0 N–H and O–H groups in total. The van der Waals surface area contributed by atoms with Gasteiger partial charge in [-0.2, -0.15) is 0 Å². The molecule has 1 aliphatic rings. The Morgan fingerprint density at radius 2 is 2.17 bits per heavy atom. The molecule has 1 fully saturated rings. The minimum atomic E-state index is -0.701. The molecular weight excluding hydrogens is 160 g/mol. The second kappa shape index (κ2) is 3.47. The van der Waals surface area contributed by atoms with E-state index in [4.69, 9.17) is 0 Å². The molecule has 66 valence electrons. The number of methoxy groups -OCH3 is 1. The van der Waals surface area contributed by atoms with Gasteiger partial charge in [-0.25, -0.2) is 0 Å². The molecule has 0 radical (unpaired) electrons. The van der Waals surface area contributed by atoms with E-state index in [9.17, 15) is 14.4 Å². The Balaban J connectivity index is 2.62. The third-order valence-corrected chi connectivity index (χ3v) is 1.96. The molecule has 1 aliphatic carbocycles. The molecule has 1 saturated carbocycles. The van der Waals surface area contributed by atoms with Crippen molar-refractivity contribution in [2.24, 2.45) is 5.92 Å². The van der Waals surface area contributed by atoms with Crippen LogP contribution in [0.15, 0.2) is 0 Å². The molecule has 0 heterocycles. The molecule has 0 saturated heterocycles. The minimum Gasteiger partial charge on any atom is -0.468 e. The summed E-state index contributed by atoms with van der Waals surface area (Å²) >= 11 is 0. The maximum Gasteiger partial charge on any atom is 0.316 e. The number of ketones is 2. The van der Waals surface area contributed by atoms with E-state index in [0.717, 1.165) is 0 Å². The molecule has 0 amide bonds. The number of ether oxygens (including phenoxy) is 1. The lowest BCUT2D eigenvalue weighted by molar-refractivity contribution is -0.151. The van der Waals surface area contributed by atoms with Crippen molar-refractivity contribution >= 4 is 17.5 Å². The van der Waals surface area contributed by atoms with Gasteiger partial charge in [0.25, 0.3) is 0 Å². The van der Waals surface area contributed by atoms with Gasteiger partial charge in [0.15, 0.2) is 5.78 Å². The van der Waals surface area contributed by atoms with E-state index in [-0.39, 0.29) is 18.0 Å². The number of Topliss-reactive ketones (excluding diaryl/α,β-unsaturated/α-hetero) is 2. The Bertz CT molecular complexity index is 231. The fraction of sp³-hybridized carbons (Fsp3) is 0.625. The molecule has 1 atom stereocenters. The van der Waals surface area contributed by atoms with Crippen LogP contribution < -0.4 is 0 Å². The Morgan fingerprint density at radius 1 is 1.50 bits per heavy atom. The van der Waals surface area contributed by atoms with E-state index in [2.05, 4.69) is 4.74 Å². The van der Waals surface area contributed by atoms with Crippen LogP contribution in [0.4, 0.5) is 0 Å². The van der Waals surface area contributed by atoms with E-state index in [1.165, 1.54) is 7.11 Å². The standard InChI is InChI=1S/C8H10O4/c1-12-8(11)6-3-2-5(9)4-7(6)10/h6H,2-4H2,1H3. The number of carbonyl (C=O) groups excluding carboxylic acids is 3. The number of hydrogen-bond acceptors (Lipinski definition) is 4. The molecular formula is C8H10O4. The lowest BCUT2D eigenvalue weighted by atomic mass is 9.87. The minimum absolute atomic E-state index is 0.0832. The number of hydrogen-bond donors (Lipinski definition) is 0. The molecule has 0 aromatic heterocycles. The lowest BCUT2D eigenvalue weighted by Crippen LogP contribution is -2.31. The summed E-state index contributed by atoms with van der Waals surface area (Å²) in [6, 6.07) is 0. The first-order valence-electron chi connectivity index (χ1n) is 3.77. The summed E-state index contributed by atoms with van der Waals surface area (Å²) < 4.78 is 4.42. The SMILES string of the molecule is COC(=O)C1CCC(=O)CC1=O. The average molecular weight is 170 g/mol. The predicted octanol–water partition coefficient (Wildman–Crippen LogP) is 0.0977. The van der Waals surface area contributed by atoms with Gasteiger partial charge in [-0.15, -0.1) is 0 Å². The van der Waals surface area contributed by atoms with Crippen molar-refractivity contribution in [2.45, 2.75) is 19.3 Å². The normalized spacial score (nSPS) is 23.9. The second-order valence-electron chi connectivity index (χ2n) is 2.80. The monoisotopic (exact) mass is 170 g/mol. The van der Waals surface area contributed by atoms with Crippen molar-refractivity contribution in [3.8, 4) is 0 Å². The van der Waals surface area contributed by atoms with Crippen LogP contribution in [-0.4, -0.2) is 24.6 Å². The van der Waals surface area contributed by atoms with Crippen LogP contribution in [0.1, 0.15) is 19.3 Å². The first-order chi connectivity index (χ1) is 5.65. The molecule has 4 nitrogen and oxygen atoms in total. The molecule has 4 heteroatoms. The van der Waals surface area contributed by atoms with Crippen LogP contribution >= 0.6 is 0 Å². The maximum absolute atomic E-state index is 11.1. The highest BCUT2D eigenvalue weighted by Gasteiger charge is 2.32. The molecule has 1 unspecified atom stereocenters. The summed E-state index contributed by atoms with van der Waals surface area (Å²) in [4.78, 5) is 32.8. The van der Waals surface area contributed by atoms with E-state index in [1.807, 2.05) is 0 Å². The number of rotatable bonds is 1. The van der Waals surface area contributed by atoms with Crippen molar-refractivity contribution < 1.29 is 19.1 Å². The van der Waals surface area contributed by atoms with E-state index in [1.54, 1.807) is 0 Å². The molecule has 0 aliphatic heterocycles. The summed E-state index contributed by atoms with van der Waals surface area (Å²) in [6.45, 7) is 0. The third kappa shape index (κ3) is 1.69. The maximum atomic E-state index is 11.1. The topological polar surface area (TPSA) is 60.4 Å². The molecule has 0 aromatic rings. The van der Waals surface area contributed by atoms with Crippen molar-refractivity contribution in [2.75, 3.05) is 7.11 Å². The summed E-state index contributed by atoms with van der Waals surface area (Å²) in [7, 11) is 1.24. The average Bonchev–Trinajstić information content (AvgIpc) is 2.03. The summed E-state index contributed by atoms with van der Waals surface area (Å²) in [6.07, 6.45) is 0.510. The van der Waals surface area contributed by atoms with Gasteiger partial charge in [0, 0.05) is 6.42 Å². The fourth-order valence-electron chi connectivity index (χ4n) is 1.26. The highest BCUT2D eigenvalue weighted by Crippen LogP contribution is 2.19. The highest BCUT2D eigenvalue weighted by molar-refractivity contribution is 6.10. The van der Waals surface area contributed by atoms with Crippen LogP contribution in [0.5, 0.6) is 0 Å². The van der Waals surface area contributed by atoms with Gasteiger partial charge in [-0.05, 0) is 6.42 Å². The molecule has 0 spiro atoms. The van der Waals surface area contributed by atoms with Gasteiger partial charge in [0.1, 0.15) is 11.7 Å². The molecule has 0 aromatic carbocycles. The Kier molecular flexibility index (Phi) is 2.58. The van der Waals surface area contributed by atoms with Crippen LogP contribution in [0, 0.1) is 5.92 Å². The van der Waals surface area contributed by atoms with Crippen LogP contribution in [-0.2, 0) is 19.1 Å². The van der Waals surface area contributed by atoms with Crippen molar-refractivity contribution in [3.05, 3.63) is 0 Å². The van der Waals surface area contributed by atoms with Crippen molar-refractivity contribution in [3.63, 3.8) is 0 Å². The Morgan fingerprint density at radius 3 is 2.67 bits per heavy atom. The van der Waals surface area contributed by atoms with Crippen LogP contribution in [0.3, 0.4) is 0 Å². The quantitative estimate of drug-likeness (QED) is 0.413. The van der Waals surface area contributed by atoms with Crippen molar-refractivity contribution in [1.82, 2.24) is 0 Å². The van der Waals surface area contributed by atoms with E-state index < -0.39 is 11.9 Å². The van der Waals surface area contributed by atoms with Gasteiger partial charge in [-0.3, -0.25) is 14.4 Å². The van der Waals surface area contributed by atoms with Gasteiger partial charge in [-0.1, -0.05) is 0 Å². The molecule has 12 heavy (non-hydrogen) atoms. The smallest absolute Gasteiger partial charge is 0.316 e. The van der Waals surface area contributed by atoms with E-state index in [0.29, 0.717) is 12.8 Å². The zero-order valence-corrected chi connectivity index (χ0v) is 6.83. The molecule has 1 rings (SSSR count). The lowest BCUT2D eigenvalue weighted by Gasteiger charge is -2.16. The van der Waals surface area contributed by atoms with Crippen LogP contribution in [0.25, 0.3) is 0 Å². The number of carbonyl (C=O) groups is 3. The first-order valence-corrected chi connectivity index (χ1v) is 3.77. The third-order valence-electron chi connectivity index (χ3n) is 1.96. The number of esters is 1. The summed E-state index contributed by atoms with van der Waals surface area (Å²) in [5, 5.41) is 0. The van der Waals surface area contributed by atoms with E-state index >= 15 is 0 Å². The Labute approximate surface area is 69.9 Å². The van der Waals surface area contributed by atoms with Crippen LogP contribution in [0.2, 0.25) is 0 Å². The fourth-order valence-corrected chi connectivity index (χ4v) is 1.26. The van der Waals surface area contributed by atoms with Gasteiger partial charge >= 0.3 is 5.97 Å².